The van der Waals surface area contributed by atoms with Crippen LogP contribution in [0.15, 0.2) is 35.3 Å². The lowest BCUT2D eigenvalue weighted by Gasteiger charge is -2.31. The SMILES string of the molecule is NC(=O)[C@@H]1CCCN(CCCNC(=O)c2c[nH]c(=O)c3ccccc23)C1. The van der Waals surface area contributed by atoms with Crippen molar-refractivity contribution >= 4 is 22.6 Å². The molecular formula is C19H24N4O3. The summed E-state index contributed by atoms with van der Waals surface area (Å²) in [6.07, 6.45) is 4.09. The number of nitrogens with two attached hydrogens (primary N) is 1. The van der Waals surface area contributed by atoms with Gasteiger partial charge in [0, 0.05) is 30.1 Å². The van der Waals surface area contributed by atoms with Gasteiger partial charge in [0.05, 0.1) is 11.5 Å². The van der Waals surface area contributed by atoms with Gasteiger partial charge in [0.25, 0.3) is 11.5 Å². The van der Waals surface area contributed by atoms with Crippen molar-refractivity contribution in [2.24, 2.45) is 11.7 Å². The van der Waals surface area contributed by atoms with E-state index in [1.165, 1.54) is 6.20 Å². The van der Waals surface area contributed by atoms with Gasteiger partial charge in [-0.25, -0.2) is 0 Å². The highest BCUT2D eigenvalue weighted by Crippen LogP contribution is 2.16. The fourth-order valence-electron chi connectivity index (χ4n) is 3.49. The van der Waals surface area contributed by atoms with Crippen molar-refractivity contribution < 1.29 is 9.59 Å². The zero-order valence-electron chi connectivity index (χ0n) is 14.7. The van der Waals surface area contributed by atoms with Gasteiger partial charge < -0.3 is 20.9 Å². The van der Waals surface area contributed by atoms with Gasteiger partial charge in [0.2, 0.25) is 5.91 Å². The quantitative estimate of drug-likeness (QED) is 0.667. The van der Waals surface area contributed by atoms with E-state index in [0.29, 0.717) is 29.4 Å². The summed E-state index contributed by atoms with van der Waals surface area (Å²) in [6, 6.07) is 7.06. The third-order valence-electron chi connectivity index (χ3n) is 4.90. The summed E-state index contributed by atoms with van der Waals surface area (Å²) >= 11 is 0. The Morgan fingerprint density at radius 1 is 1.27 bits per heavy atom. The molecule has 7 nitrogen and oxygen atoms in total. The fraction of sp³-hybridized carbons (Fsp3) is 0.421. The molecule has 1 aliphatic heterocycles. The van der Waals surface area contributed by atoms with Gasteiger partial charge >= 0.3 is 0 Å². The fourth-order valence-corrected chi connectivity index (χ4v) is 3.49. The van der Waals surface area contributed by atoms with E-state index in [2.05, 4.69) is 15.2 Å². The van der Waals surface area contributed by atoms with Gasteiger partial charge in [-0.3, -0.25) is 14.4 Å². The maximum absolute atomic E-state index is 12.5. The molecule has 1 aromatic carbocycles. The monoisotopic (exact) mass is 356 g/mol. The number of pyridine rings is 1. The lowest BCUT2D eigenvalue weighted by atomic mass is 9.97. The number of aromatic nitrogens is 1. The first kappa shape index (κ1) is 18.1. The zero-order chi connectivity index (χ0) is 18.5. The summed E-state index contributed by atoms with van der Waals surface area (Å²) in [4.78, 5) is 40.4. The standard InChI is InChI=1S/C19H24N4O3/c20-17(24)13-5-3-9-23(12-13)10-4-8-21-19(26)16-11-22-18(25)15-7-2-1-6-14(15)16/h1-2,6-7,11,13H,3-5,8-10,12H2,(H2,20,24)(H,21,26)(H,22,25)/t13-/m1/s1. The summed E-state index contributed by atoms with van der Waals surface area (Å²) in [5, 5.41) is 4.06. The van der Waals surface area contributed by atoms with E-state index in [0.717, 1.165) is 32.4 Å². The lowest BCUT2D eigenvalue weighted by molar-refractivity contribution is -0.123. The molecule has 0 radical (unpaired) electrons. The van der Waals surface area contributed by atoms with Crippen molar-refractivity contribution in [1.29, 1.82) is 0 Å². The van der Waals surface area contributed by atoms with Crippen LogP contribution in [0.3, 0.4) is 0 Å². The Morgan fingerprint density at radius 2 is 2.04 bits per heavy atom. The average molecular weight is 356 g/mol. The molecule has 0 spiro atoms. The van der Waals surface area contributed by atoms with E-state index >= 15 is 0 Å². The van der Waals surface area contributed by atoms with Crippen LogP contribution in [0.5, 0.6) is 0 Å². The number of piperidine rings is 1. The minimum Gasteiger partial charge on any atom is -0.369 e. The van der Waals surface area contributed by atoms with E-state index < -0.39 is 0 Å². The Hall–Kier alpha value is -2.67. The van der Waals surface area contributed by atoms with Gasteiger partial charge in [-0.15, -0.1) is 0 Å². The second-order valence-electron chi connectivity index (χ2n) is 6.73. The number of aromatic amines is 1. The first-order valence-corrected chi connectivity index (χ1v) is 8.96. The van der Waals surface area contributed by atoms with Crippen LogP contribution in [0.25, 0.3) is 10.8 Å². The zero-order valence-corrected chi connectivity index (χ0v) is 14.7. The Labute approximate surface area is 151 Å². The Kier molecular flexibility index (Phi) is 5.68. The van der Waals surface area contributed by atoms with Crippen LogP contribution in [0.4, 0.5) is 0 Å². The van der Waals surface area contributed by atoms with Gasteiger partial charge in [0.1, 0.15) is 0 Å². The molecule has 7 heteroatoms. The summed E-state index contributed by atoms with van der Waals surface area (Å²) < 4.78 is 0. The summed E-state index contributed by atoms with van der Waals surface area (Å²) in [5.74, 6) is -0.495. The van der Waals surface area contributed by atoms with E-state index in [1.54, 1.807) is 18.2 Å². The van der Waals surface area contributed by atoms with Crippen molar-refractivity contribution in [1.82, 2.24) is 15.2 Å². The number of amides is 2. The van der Waals surface area contributed by atoms with Crippen molar-refractivity contribution in [2.75, 3.05) is 26.2 Å². The summed E-state index contributed by atoms with van der Waals surface area (Å²) in [6.45, 7) is 3.01. The van der Waals surface area contributed by atoms with Crippen LogP contribution in [-0.2, 0) is 4.79 Å². The number of fused-ring (bicyclic) bond motifs is 1. The third kappa shape index (κ3) is 4.11. The van der Waals surface area contributed by atoms with E-state index in [9.17, 15) is 14.4 Å². The molecular weight excluding hydrogens is 332 g/mol. The van der Waals surface area contributed by atoms with Crippen molar-refractivity contribution in [3.8, 4) is 0 Å². The number of rotatable bonds is 6. The smallest absolute Gasteiger partial charge is 0.255 e. The van der Waals surface area contributed by atoms with Gasteiger partial charge in [0.15, 0.2) is 0 Å². The van der Waals surface area contributed by atoms with E-state index in [1.807, 2.05) is 6.07 Å². The van der Waals surface area contributed by atoms with Crippen LogP contribution in [0.2, 0.25) is 0 Å². The molecule has 4 N–H and O–H groups in total. The molecule has 1 aliphatic rings. The highest BCUT2D eigenvalue weighted by atomic mass is 16.2. The van der Waals surface area contributed by atoms with Crippen LogP contribution in [0.1, 0.15) is 29.6 Å². The lowest BCUT2D eigenvalue weighted by Crippen LogP contribution is -2.42. The Morgan fingerprint density at radius 3 is 2.81 bits per heavy atom. The molecule has 26 heavy (non-hydrogen) atoms. The van der Waals surface area contributed by atoms with Gasteiger partial charge in [-0.2, -0.15) is 0 Å². The molecule has 0 bridgehead atoms. The van der Waals surface area contributed by atoms with Gasteiger partial charge in [-0.1, -0.05) is 18.2 Å². The molecule has 1 aromatic heterocycles. The topological polar surface area (TPSA) is 108 Å². The number of likely N-dealkylation sites (tertiary alicyclic amines) is 1. The number of nitrogens with one attached hydrogen (secondary N) is 2. The maximum Gasteiger partial charge on any atom is 0.255 e. The summed E-state index contributed by atoms with van der Waals surface area (Å²) in [7, 11) is 0. The van der Waals surface area contributed by atoms with E-state index in [4.69, 9.17) is 5.73 Å². The number of carbonyl (C=O) groups is 2. The second-order valence-corrected chi connectivity index (χ2v) is 6.73. The predicted octanol–water partition coefficient (Wildman–Crippen LogP) is 0.845. The number of hydrogen-bond donors (Lipinski definition) is 3. The number of nitrogens with zero attached hydrogens (tertiary/aromatic N) is 1. The van der Waals surface area contributed by atoms with Crippen LogP contribution >= 0.6 is 0 Å². The second kappa shape index (κ2) is 8.14. The minimum absolute atomic E-state index is 0.0640. The molecule has 2 heterocycles. The minimum atomic E-state index is -0.229. The largest absolute Gasteiger partial charge is 0.369 e. The normalized spacial score (nSPS) is 17.9. The van der Waals surface area contributed by atoms with Crippen LogP contribution in [-0.4, -0.2) is 47.9 Å². The molecule has 0 unspecified atom stereocenters. The molecule has 1 fully saturated rings. The highest BCUT2D eigenvalue weighted by Gasteiger charge is 2.23. The van der Waals surface area contributed by atoms with Crippen molar-refractivity contribution in [3.05, 3.63) is 46.4 Å². The molecule has 0 aliphatic carbocycles. The molecule has 138 valence electrons. The number of H-pyrrole nitrogens is 1. The number of hydrogen-bond acceptors (Lipinski definition) is 4. The molecule has 2 amide bonds. The molecule has 3 rings (SSSR count). The van der Waals surface area contributed by atoms with Crippen molar-refractivity contribution in [2.45, 2.75) is 19.3 Å². The first-order chi connectivity index (χ1) is 12.6. The molecule has 1 saturated heterocycles. The van der Waals surface area contributed by atoms with Crippen LogP contribution < -0.4 is 16.6 Å². The van der Waals surface area contributed by atoms with Crippen LogP contribution in [0, 0.1) is 5.92 Å². The summed E-state index contributed by atoms with van der Waals surface area (Å²) in [5.41, 5.74) is 5.66. The Bertz CT molecular complexity index is 861. The number of primary amides is 1. The average Bonchev–Trinajstić information content (AvgIpc) is 2.66. The highest BCUT2D eigenvalue weighted by molar-refractivity contribution is 6.06. The third-order valence-corrected chi connectivity index (χ3v) is 4.90. The van der Waals surface area contributed by atoms with Gasteiger partial charge in [-0.05, 0) is 38.4 Å². The maximum atomic E-state index is 12.5. The predicted molar refractivity (Wildman–Crippen MR) is 99.9 cm³/mol. The number of carbonyl (C=O) groups excluding carboxylic acids is 2. The molecule has 2 aromatic rings. The first-order valence-electron chi connectivity index (χ1n) is 8.96. The Balaban J connectivity index is 1.53. The number of benzene rings is 1. The molecule has 1 atom stereocenters. The molecule has 0 saturated carbocycles. The van der Waals surface area contributed by atoms with Crippen molar-refractivity contribution in [3.63, 3.8) is 0 Å². The van der Waals surface area contributed by atoms with E-state index in [-0.39, 0.29) is 23.3 Å².